The lowest BCUT2D eigenvalue weighted by atomic mass is 9.48. The van der Waals surface area contributed by atoms with Crippen molar-refractivity contribution in [1.29, 1.82) is 0 Å². The minimum Gasteiger partial charge on any atom is -0.299 e. The monoisotopic (exact) mass is 270 g/mol. The molecule has 3 fully saturated rings. The Bertz CT molecular complexity index is 514. The van der Waals surface area contributed by atoms with Crippen LogP contribution in [0.5, 0.6) is 0 Å². The second-order valence-electron chi connectivity index (χ2n) is 7.98. The van der Waals surface area contributed by atoms with Crippen LogP contribution in [-0.2, 0) is 4.79 Å². The third kappa shape index (κ3) is 1.47. The molecule has 4 aliphatic rings. The van der Waals surface area contributed by atoms with Crippen molar-refractivity contribution in [3.8, 4) is 0 Å². The highest BCUT2D eigenvalue weighted by atomic mass is 16.1. The van der Waals surface area contributed by atoms with Crippen LogP contribution in [0.25, 0.3) is 0 Å². The standard InChI is InChI=1S/C19H26O/c1-18-11-4-3-5-13(18)6-7-14-15-8-9-17(20)19(15,2)12-10-16(14)18/h4-5,11,14-16H,3,6-10,12H2,1-2H3/t14-,15-,16-,18-,19-/m0/s1. The Labute approximate surface area is 122 Å². The largest absolute Gasteiger partial charge is 0.299 e. The fourth-order valence-corrected chi connectivity index (χ4v) is 6.11. The summed E-state index contributed by atoms with van der Waals surface area (Å²) in [4.78, 5) is 12.3. The maximum absolute atomic E-state index is 12.3. The molecule has 3 saturated carbocycles. The molecular formula is C19H26O. The topological polar surface area (TPSA) is 17.1 Å². The molecule has 108 valence electrons. The van der Waals surface area contributed by atoms with Crippen LogP contribution in [0.3, 0.4) is 0 Å². The van der Waals surface area contributed by atoms with Gasteiger partial charge < -0.3 is 0 Å². The van der Waals surface area contributed by atoms with Crippen molar-refractivity contribution >= 4 is 5.78 Å². The van der Waals surface area contributed by atoms with Crippen LogP contribution in [-0.4, -0.2) is 5.78 Å². The van der Waals surface area contributed by atoms with E-state index in [0.29, 0.717) is 17.1 Å². The van der Waals surface area contributed by atoms with Crippen molar-refractivity contribution in [3.05, 3.63) is 23.8 Å². The quantitative estimate of drug-likeness (QED) is 0.584. The van der Waals surface area contributed by atoms with E-state index in [9.17, 15) is 4.79 Å². The molecule has 20 heavy (non-hydrogen) atoms. The van der Waals surface area contributed by atoms with Crippen molar-refractivity contribution in [2.24, 2.45) is 28.6 Å². The van der Waals surface area contributed by atoms with Gasteiger partial charge in [0.15, 0.2) is 0 Å². The Hall–Kier alpha value is -0.850. The zero-order valence-electron chi connectivity index (χ0n) is 12.8. The van der Waals surface area contributed by atoms with Gasteiger partial charge in [0, 0.05) is 17.3 Å². The van der Waals surface area contributed by atoms with E-state index in [2.05, 4.69) is 32.1 Å². The summed E-state index contributed by atoms with van der Waals surface area (Å²) in [6.45, 7) is 4.73. The third-order valence-electron chi connectivity index (χ3n) is 7.32. The Morgan fingerprint density at radius 3 is 2.80 bits per heavy atom. The first-order chi connectivity index (χ1) is 9.56. The van der Waals surface area contributed by atoms with Crippen LogP contribution in [0.1, 0.15) is 58.8 Å². The Kier molecular flexibility index (Phi) is 2.63. The zero-order chi connectivity index (χ0) is 14.0. The molecule has 0 heterocycles. The average molecular weight is 270 g/mol. The van der Waals surface area contributed by atoms with E-state index in [1.165, 1.54) is 19.3 Å². The summed E-state index contributed by atoms with van der Waals surface area (Å²) in [5.41, 5.74) is 2.01. The zero-order valence-corrected chi connectivity index (χ0v) is 12.8. The van der Waals surface area contributed by atoms with Gasteiger partial charge >= 0.3 is 0 Å². The number of ketones is 1. The van der Waals surface area contributed by atoms with Crippen LogP contribution in [0.2, 0.25) is 0 Å². The lowest BCUT2D eigenvalue weighted by Gasteiger charge is -2.55. The summed E-state index contributed by atoms with van der Waals surface area (Å²) < 4.78 is 0. The van der Waals surface area contributed by atoms with E-state index in [-0.39, 0.29) is 5.41 Å². The normalized spacial score (nSPS) is 50.2. The van der Waals surface area contributed by atoms with Crippen molar-refractivity contribution in [2.45, 2.75) is 58.8 Å². The summed E-state index contributed by atoms with van der Waals surface area (Å²) in [6, 6.07) is 0. The van der Waals surface area contributed by atoms with Crippen LogP contribution < -0.4 is 0 Å². The van der Waals surface area contributed by atoms with Crippen LogP contribution in [0, 0.1) is 28.6 Å². The second-order valence-corrected chi connectivity index (χ2v) is 7.98. The highest BCUT2D eigenvalue weighted by molar-refractivity contribution is 5.87. The molecule has 1 nitrogen and oxygen atoms in total. The first-order valence-corrected chi connectivity index (χ1v) is 8.46. The summed E-state index contributed by atoms with van der Waals surface area (Å²) in [6.07, 6.45) is 15.4. The van der Waals surface area contributed by atoms with Gasteiger partial charge in [-0.25, -0.2) is 0 Å². The van der Waals surface area contributed by atoms with Gasteiger partial charge in [-0.05, 0) is 56.3 Å². The summed E-state index contributed by atoms with van der Waals surface area (Å²) in [7, 11) is 0. The molecule has 5 atom stereocenters. The van der Waals surface area contributed by atoms with Crippen LogP contribution in [0.4, 0.5) is 0 Å². The Morgan fingerprint density at radius 1 is 1.10 bits per heavy atom. The summed E-state index contributed by atoms with van der Waals surface area (Å²) >= 11 is 0. The van der Waals surface area contributed by atoms with Crippen molar-refractivity contribution in [2.75, 3.05) is 0 Å². The number of allylic oxidation sites excluding steroid dienone is 4. The highest BCUT2D eigenvalue weighted by Crippen LogP contribution is 2.63. The number of Topliss-reactive ketones (excluding diaryl/α,β-unsaturated/α-hetero) is 1. The summed E-state index contributed by atoms with van der Waals surface area (Å²) in [5.74, 6) is 2.79. The molecule has 0 aliphatic heterocycles. The Balaban J connectivity index is 1.72. The predicted octanol–water partition coefficient (Wildman–Crippen LogP) is 4.68. The molecule has 0 unspecified atom stereocenters. The molecule has 0 amide bonds. The average Bonchev–Trinajstić information content (AvgIpc) is 2.74. The van der Waals surface area contributed by atoms with E-state index in [4.69, 9.17) is 0 Å². The molecular weight excluding hydrogens is 244 g/mol. The van der Waals surface area contributed by atoms with Gasteiger partial charge in [-0.1, -0.05) is 37.6 Å². The van der Waals surface area contributed by atoms with Crippen molar-refractivity contribution in [1.82, 2.24) is 0 Å². The fraction of sp³-hybridized carbons (Fsp3) is 0.737. The second kappa shape index (κ2) is 4.08. The van der Waals surface area contributed by atoms with Gasteiger partial charge in [0.25, 0.3) is 0 Å². The van der Waals surface area contributed by atoms with E-state index >= 15 is 0 Å². The predicted molar refractivity (Wildman–Crippen MR) is 81.2 cm³/mol. The van der Waals surface area contributed by atoms with E-state index in [1.54, 1.807) is 5.57 Å². The minimum atomic E-state index is 0.0249. The van der Waals surface area contributed by atoms with E-state index in [1.807, 2.05) is 0 Å². The molecule has 0 N–H and O–H groups in total. The number of hydrogen-bond acceptors (Lipinski definition) is 1. The molecule has 0 aromatic rings. The first-order valence-electron chi connectivity index (χ1n) is 8.46. The molecule has 0 radical (unpaired) electrons. The number of carbonyl (C=O) groups is 1. The third-order valence-corrected chi connectivity index (χ3v) is 7.32. The summed E-state index contributed by atoms with van der Waals surface area (Å²) in [5, 5.41) is 0. The molecule has 4 rings (SSSR count). The molecule has 0 spiro atoms. The van der Waals surface area contributed by atoms with Gasteiger partial charge in [-0.15, -0.1) is 0 Å². The van der Waals surface area contributed by atoms with Crippen LogP contribution in [0.15, 0.2) is 23.8 Å². The molecule has 0 aromatic carbocycles. The fourth-order valence-electron chi connectivity index (χ4n) is 6.11. The lowest BCUT2D eigenvalue weighted by molar-refractivity contribution is -0.131. The molecule has 0 saturated heterocycles. The number of rotatable bonds is 0. The molecule has 1 heteroatoms. The number of fused-ring (bicyclic) bond motifs is 5. The molecule has 0 aromatic heterocycles. The van der Waals surface area contributed by atoms with Crippen molar-refractivity contribution in [3.63, 3.8) is 0 Å². The SMILES string of the molecule is C[C@]12C=CCC=C1CC[C@@H]1[C@@H]2CC[C@]2(C)C(=O)CC[C@@H]12. The smallest absolute Gasteiger partial charge is 0.139 e. The first kappa shape index (κ1) is 12.9. The van der Waals surface area contributed by atoms with Gasteiger partial charge in [0.05, 0.1) is 0 Å². The van der Waals surface area contributed by atoms with Gasteiger partial charge in [-0.3, -0.25) is 4.79 Å². The lowest BCUT2D eigenvalue weighted by Crippen LogP contribution is -2.49. The minimum absolute atomic E-state index is 0.0249. The van der Waals surface area contributed by atoms with Crippen molar-refractivity contribution < 1.29 is 4.79 Å². The van der Waals surface area contributed by atoms with Gasteiger partial charge in [0.1, 0.15) is 5.78 Å². The van der Waals surface area contributed by atoms with Crippen LogP contribution >= 0.6 is 0 Å². The maximum Gasteiger partial charge on any atom is 0.139 e. The van der Waals surface area contributed by atoms with E-state index < -0.39 is 0 Å². The van der Waals surface area contributed by atoms with E-state index in [0.717, 1.165) is 37.5 Å². The molecule has 0 bridgehead atoms. The number of carbonyl (C=O) groups excluding carboxylic acids is 1. The Morgan fingerprint density at radius 2 is 1.95 bits per heavy atom. The van der Waals surface area contributed by atoms with Gasteiger partial charge in [-0.2, -0.15) is 0 Å². The highest BCUT2D eigenvalue weighted by Gasteiger charge is 2.58. The number of hydrogen-bond donors (Lipinski definition) is 0. The molecule has 4 aliphatic carbocycles. The van der Waals surface area contributed by atoms with Gasteiger partial charge in [0.2, 0.25) is 0 Å². The maximum atomic E-state index is 12.3.